The molecule has 0 radical (unpaired) electrons. The summed E-state index contributed by atoms with van der Waals surface area (Å²) in [6.45, 7) is 4.70. The van der Waals surface area contributed by atoms with Gasteiger partial charge in [0.2, 0.25) is 10.0 Å². The molecule has 1 aliphatic rings. The summed E-state index contributed by atoms with van der Waals surface area (Å²) in [5.41, 5.74) is 0.834. The number of nitrogens with one attached hydrogen (secondary N) is 3. The van der Waals surface area contributed by atoms with E-state index in [1.54, 1.807) is 18.2 Å². The molecule has 3 N–H and O–H groups in total. The molecule has 1 atom stereocenters. The van der Waals surface area contributed by atoms with E-state index >= 15 is 0 Å². The molecular formula is C16H26N4O3S. The average molecular weight is 354 g/mol. The minimum atomic E-state index is -3.44. The zero-order valence-electron chi connectivity index (χ0n) is 14.2. The molecule has 1 heterocycles. The second-order valence-corrected chi connectivity index (χ2v) is 7.45. The summed E-state index contributed by atoms with van der Waals surface area (Å²) < 4.78 is 31.6. The lowest BCUT2D eigenvalue weighted by molar-refractivity contribution is 0.114. The molecule has 1 aromatic rings. The maximum Gasteiger partial charge on any atom is 0.240 e. The summed E-state index contributed by atoms with van der Waals surface area (Å²) in [6, 6.07) is 6.79. The Kier molecular flexibility index (Phi) is 7.01. The van der Waals surface area contributed by atoms with Crippen molar-refractivity contribution in [1.29, 1.82) is 0 Å². The Hall–Kier alpha value is -1.64. The van der Waals surface area contributed by atoms with Crippen molar-refractivity contribution in [3.05, 3.63) is 29.8 Å². The maximum absolute atomic E-state index is 11.9. The fraction of sp³-hybridized carbons (Fsp3) is 0.562. The second kappa shape index (κ2) is 9.00. The van der Waals surface area contributed by atoms with Gasteiger partial charge in [0, 0.05) is 19.7 Å². The maximum atomic E-state index is 11.9. The molecule has 1 saturated heterocycles. The molecule has 0 saturated carbocycles. The van der Waals surface area contributed by atoms with Crippen LogP contribution in [0.3, 0.4) is 0 Å². The zero-order chi connectivity index (χ0) is 17.4. The van der Waals surface area contributed by atoms with E-state index in [1.165, 1.54) is 7.05 Å². The number of guanidine groups is 1. The molecule has 8 heteroatoms. The molecule has 0 aliphatic carbocycles. The molecule has 7 nitrogen and oxygen atoms in total. The lowest BCUT2D eigenvalue weighted by atomic mass is 10.2. The molecule has 0 amide bonds. The van der Waals surface area contributed by atoms with Crippen LogP contribution in [0.15, 0.2) is 34.2 Å². The van der Waals surface area contributed by atoms with Gasteiger partial charge in [0.15, 0.2) is 5.96 Å². The average Bonchev–Trinajstić information content (AvgIpc) is 3.11. The van der Waals surface area contributed by atoms with Gasteiger partial charge < -0.3 is 15.4 Å². The van der Waals surface area contributed by atoms with Crippen molar-refractivity contribution in [3.8, 4) is 0 Å². The van der Waals surface area contributed by atoms with E-state index in [0.717, 1.165) is 38.1 Å². The van der Waals surface area contributed by atoms with Crippen LogP contribution in [0.1, 0.15) is 25.3 Å². The van der Waals surface area contributed by atoms with Crippen LogP contribution in [0.5, 0.6) is 0 Å². The Bertz CT molecular complexity index is 655. The van der Waals surface area contributed by atoms with E-state index in [-0.39, 0.29) is 11.0 Å². The van der Waals surface area contributed by atoms with E-state index in [0.29, 0.717) is 12.5 Å². The number of nitrogens with zero attached hydrogens (tertiary/aromatic N) is 1. The Morgan fingerprint density at radius 2 is 2.21 bits per heavy atom. The van der Waals surface area contributed by atoms with Crippen LogP contribution >= 0.6 is 0 Å². The first-order valence-electron chi connectivity index (χ1n) is 8.21. The fourth-order valence-electron chi connectivity index (χ4n) is 2.46. The van der Waals surface area contributed by atoms with E-state index in [2.05, 4.69) is 20.3 Å². The highest BCUT2D eigenvalue weighted by molar-refractivity contribution is 7.89. The summed E-state index contributed by atoms with van der Waals surface area (Å²) in [6.07, 6.45) is 2.40. The number of hydrogen-bond acceptors (Lipinski definition) is 4. The minimum Gasteiger partial charge on any atom is -0.376 e. The monoisotopic (exact) mass is 354 g/mol. The number of rotatable bonds is 7. The van der Waals surface area contributed by atoms with Gasteiger partial charge in [-0.05, 0) is 44.5 Å². The third-order valence-electron chi connectivity index (χ3n) is 3.76. The van der Waals surface area contributed by atoms with Crippen LogP contribution in [0.2, 0.25) is 0 Å². The first-order chi connectivity index (χ1) is 11.5. The van der Waals surface area contributed by atoms with Crippen molar-refractivity contribution in [1.82, 2.24) is 15.4 Å². The molecule has 1 unspecified atom stereocenters. The topological polar surface area (TPSA) is 91.8 Å². The van der Waals surface area contributed by atoms with Crippen LogP contribution in [0.25, 0.3) is 0 Å². The lowest BCUT2D eigenvalue weighted by Gasteiger charge is -2.14. The molecule has 0 aromatic heterocycles. The number of ether oxygens (including phenoxy) is 1. The fourth-order valence-corrected chi connectivity index (χ4v) is 3.26. The van der Waals surface area contributed by atoms with Gasteiger partial charge in [-0.1, -0.05) is 12.1 Å². The van der Waals surface area contributed by atoms with Gasteiger partial charge in [-0.3, -0.25) is 0 Å². The first kappa shape index (κ1) is 18.7. The summed E-state index contributed by atoms with van der Waals surface area (Å²) in [4.78, 5) is 4.76. The molecule has 0 bridgehead atoms. The molecular weight excluding hydrogens is 328 g/mol. The van der Waals surface area contributed by atoms with Gasteiger partial charge in [-0.25, -0.2) is 18.1 Å². The largest absolute Gasteiger partial charge is 0.376 e. The summed E-state index contributed by atoms with van der Waals surface area (Å²) in [7, 11) is -2.04. The summed E-state index contributed by atoms with van der Waals surface area (Å²) in [5.74, 6) is 0.704. The Morgan fingerprint density at radius 1 is 1.38 bits per heavy atom. The normalized spacial score (nSPS) is 18.6. The molecule has 2 rings (SSSR count). The van der Waals surface area contributed by atoms with Crippen LogP contribution in [0.4, 0.5) is 0 Å². The van der Waals surface area contributed by atoms with Crippen molar-refractivity contribution in [2.75, 3.05) is 26.7 Å². The van der Waals surface area contributed by atoms with Gasteiger partial charge in [0.05, 0.1) is 17.5 Å². The van der Waals surface area contributed by atoms with Gasteiger partial charge >= 0.3 is 0 Å². The van der Waals surface area contributed by atoms with Gasteiger partial charge in [0.1, 0.15) is 0 Å². The van der Waals surface area contributed by atoms with Crippen LogP contribution < -0.4 is 15.4 Å². The molecule has 1 fully saturated rings. The van der Waals surface area contributed by atoms with Crippen LogP contribution in [-0.2, 0) is 21.3 Å². The van der Waals surface area contributed by atoms with Gasteiger partial charge in [-0.2, -0.15) is 0 Å². The Balaban J connectivity index is 2.00. The van der Waals surface area contributed by atoms with Crippen LogP contribution in [-0.4, -0.2) is 47.2 Å². The Morgan fingerprint density at radius 3 is 2.88 bits per heavy atom. The smallest absolute Gasteiger partial charge is 0.240 e. The third kappa shape index (κ3) is 5.47. The second-order valence-electron chi connectivity index (χ2n) is 5.57. The summed E-state index contributed by atoms with van der Waals surface area (Å²) >= 11 is 0. The van der Waals surface area contributed by atoms with Crippen LogP contribution in [0, 0.1) is 0 Å². The number of sulfonamides is 1. The molecule has 0 spiro atoms. The van der Waals surface area contributed by atoms with Crippen molar-refractivity contribution in [2.45, 2.75) is 37.3 Å². The van der Waals surface area contributed by atoms with Gasteiger partial charge in [-0.15, -0.1) is 0 Å². The van der Waals surface area contributed by atoms with Crippen molar-refractivity contribution in [3.63, 3.8) is 0 Å². The molecule has 1 aromatic carbocycles. The number of aliphatic imine (C=N–C) groups is 1. The highest BCUT2D eigenvalue weighted by Crippen LogP contribution is 2.12. The standard InChI is InChI=1S/C16H26N4O3S/c1-3-18-16(20-12-14-7-5-9-23-14)19-11-13-6-4-8-15(10-13)24(21,22)17-2/h4,6,8,10,14,17H,3,5,7,9,11-12H2,1-2H3,(H2,18,19,20). The van der Waals surface area contributed by atoms with Crippen molar-refractivity contribution < 1.29 is 13.2 Å². The molecule has 134 valence electrons. The van der Waals surface area contributed by atoms with Crippen molar-refractivity contribution in [2.24, 2.45) is 4.99 Å². The Labute approximate surface area is 143 Å². The minimum absolute atomic E-state index is 0.234. The first-order valence-corrected chi connectivity index (χ1v) is 9.69. The summed E-state index contributed by atoms with van der Waals surface area (Å²) in [5, 5.41) is 6.46. The highest BCUT2D eigenvalue weighted by atomic mass is 32.2. The van der Waals surface area contributed by atoms with E-state index < -0.39 is 10.0 Å². The van der Waals surface area contributed by atoms with E-state index in [9.17, 15) is 8.42 Å². The lowest BCUT2D eigenvalue weighted by Crippen LogP contribution is -2.41. The van der Waals surface area contributed by atoms with Gasteiger partial charge in [0.25, 0.3) is 0 Å². The quantitative estimate of drug-likeness (QED) is 0.498. The van der Waals surface area contributed by atoms with Crippen molar-refractivity contribution >= 4 is 16.0 Å². The number of benzene rings is 1. The zero-order valence-corrected chi connectivity index (χ0v) is 15.0. The highest BCUT2D eigenvalue weighted by Gasteiger charge is 2.15. The number of hydrogen-bond donors (Lipinski definition) is 3. The SMILES string of the molecule is CCNC(=NCc1cccc(S(=O)(=O)NC)c1)NCC1CCCO1. The molecule has 24 heavy (non-hydrogen) atoms. The predicted molar refractivity (Wildman–Crippen MR) is 94.5 cm³/mol. The molecule has 1 aliphatic heterocycles. The van der Waals surface area contributed by atoms with E-state index in [1.807, 2.05) is 13.0 Å². The predicted octanol–water partition coefficient (Wildman–Crippen LogP) is 0.829. The van der Waals surface area contributed by atoms with E-state index in [4.69, 9.17) is 4.74 Å². The third-order valence-corrected chi connectivity index (χ3v) is 5.17.